The van der Waals surface area contributed by atoms with E-state index in [4.69, 9.17) is 14.4 Å². The molecule has 3 aromatic rings. The molecule has 1 N–H and O–H groups in total. The van der Waals surface area contributed by atoms with Crippen LogP contribution < -0.4 is 10.2 Å². The van der Waals surface area contributed by atoms with Crippen LogP contribution in [0, 0.1) is 0 Å². The average Bonchev–Trinajstić information content (AvgIpc) is 2.99. The van der Waals surface area contributed by atoms with Crippen LogP contribution in [-0.4, -0.2) is 23.1 Å². The second kappa shape index (κ2) is 6.91. The minimum absolute atomic E-state index is 0.618. The van der Waals surface area contributed by atoms with Gasteiger partial charge in [0.25, 0.3) is 0 Å². The molecule has 0 bridgehead atoms. The van der Waals surface area contributed by atoms with Gasteiger partial charge in [-0.1, -0.05) is 25.0 Å². The van der Waals surface area contributed by atoms with E-state index in [0.29, 0.717) is 6.54 Å². The van der Waals surface area contributed by atoms with Gasteiger partial charge in [0.1, 0.15) is 11.6 Å². The van der Waals surface area contributed by atoms with Crippen LogP contribution in [0.15, 0.2) is 47.1 Å². The quantitative estimate of drug-likeness (QED) is 0.779. The first-order valence-electron chi connectivity index (χ1n) is 8.68. The Morgan fingerprint density at radius 2 is 1.79 bits per heavy atom. The number of fused-ring (bicyclic) bond motifs is 1. The molecular formula is C19H22N4O. The normalized spacial score (nSPS) is 15.4. The van der Waals surface area contributed by atoms with E-state index < -0.39 is 0 Å². The second-order valence-corrected chi connectivity index (χ2v) is 6.22. The minimum Gasteiger partial charge on any atom is -0.467 e. The van der Waals surface area contributed by atoms with E-state index in [1.165, 1.54) is 25.7 Å². The van der Waals surface area contributed by atoms with Gasteiger partial charge in [0, 0.05) is 18.5 Å². The number of hydrogen-bond acceptors (Lipinski definition) is 5. The van der Waals surface area contributed by atoms with Crippen molar-refractivity contribution in [2.45, 2.75) is 32.2 Å². The van der Waals surface area contributed by atoms with E-state index in [9.17, 15) is 0 Å². The highest BCUT2D eigenvalue weighted by Gasteiger charge is 2.15. The Morgan fingerprint density at radius 3 is 2.58 bits per heavy atom. The van der Waals surface area contributed by atoms with Gasteiger partial charge >= 0.3 is 0 Å². The van der Waals surface area contributed by atoms with Crippen molar-refractivity contribution < 1.29 is 4.42 Å². The lowest BCUT2D eigenvalue weighted by Crippen LogP contribution is -2.26. The fourth-order valence-corrected chi connectivity index (χ4v) is 3.20. The summed E-state index contributed by atoms with van der Waals surface area (Å²) in [5.41, 5.74) is 0.980. The standard InChI is InChI=1S/C19H22N4O/c1-2-6-12-23(11-5-1)19-21-17-10-4-3-9-16(17)18(22-19)20-14-15-8-7-13-24-15/h3-4,7-10,13H,1-2,5-6,11-12,14H2,(H,20,21,22). The molecule has 3 heterocycles. The summed E-state index contributed by atoms with van der Waals surface area (Å²) in [4.78, 5) is 11.9. The second-order valence-electron chi connectivity index (χ2n) is 6.22. The van der Waals surface area contributed by atoms with E-state index in [2.05, 4.69) is 22.3 Å². The fraction of sp³-hybridized carbons (Fsp3) is 0.368. The number of benzene rings is 1. The lowest BCUT2D eigenvalue weighted by molar-refractivity contribution is 0.518. The van der Waals surface area contributed by atoms with Gasteiger partial charge in [-0.05, 0) is 37.1 Å². The first kappa shape index (κ1) is 15.0. The van der Waals surface area contributed by atoms with Gasteiger partial charge in [-0.2, -0.15) is 4.98 Å². The minimum atomic E-state index is 0.618. The summed E-state index contributed by atoms with van der Waals surface area (Å²) >= 11 is 0. The molecule has 1 aromatic carbocycles. The van der Waals surface area contributed by atoms with Crippen LogP contribution in [0.5, 0.6) is 0 Å². The lowest BCUT2D eigenvalue weighted by Gasteiger charge is -2.21. The van der Waals surface area contributed by atoms with E-state index in [1.54, 1.807) is 6.26 Å². The molecule has 0 atom stereocenters. The molecule has 24 heavy (non-hydrogen) atoms. The molecule has 0 amide bonds. The third-order valence-corrected chi connectivity index (χ3v) is 4.49. The number of nitrogens with zero attached hydrogens (tertiary/aromatic N) is 3. The van der Waals surface area contributed by atoms with Crippen molar-refractivity contribution in [1.29, 1.82) is 0 Å². The molecule has 1 fully saturated rings. The topological polar surface area (TPSA) is 54.2 Å². The highest BCUT2D eigenvalue weighted by Crippen LogP contribution is 2.25. The Morgan fingerprint density at radius 1 is 0.958 bits per heavy atom. The molecular weight excluding hydrogens is 300 g/mol. The molecule has 5 nitrogen and oxygen atoms in total. The summed E-state index contributed by atoms with van der Waals surface area (Å²) in [7, 11) is 0. The first-order valence-corrected chi connectivity index (χ1v) is 8.68. The van der Waals surface area contributed by atoms with Gasteiger partial charge < -0.3 is 14.6 Å². The molecule has 0 unspecified atom stereocenters. The Kier molecular flexibility index (Phi) is 4.32. The number of anilines is 2. The molecule has 1 aliphatic rings. The number of rotatable bonds is 4. The van der Waals surface area contributed by atoms with Crippen LogP contribution in [0.1, 0.15) is 31.4 Å². The van der Waals surface area contributed by atoms with Crippen molar-refractivity contribution in [2.75, 3.05) is 23.3 Å². The van der Waals surface area contributed by atoms with Crippen molar-refractivity contribution in [3.05, 3.63) is 48.4 Å². The number of aromatic nitrogens is 2. The zero-order valence-corrected chi connectivity index (χ0v) is 13.7. The van der Waals surface area contributed by atoms with Crippen LogP contribution in [0.4, 0.5) is 11.8 Å². The highest BCUT2D eigenvalue weighted by molar-refractivity contribution is 5.90. The summed E-state index contributed by atoms with van der Waals surface area (Å²) in [6.07, 6.45) is 6.72. The SMILES string of the molecule is c1coc(CNc2nc(N3CCCCCC3)nc3ccccc23)c1. The summed E-state index contributed by atoms with van der Waals surface area (Å²) in [5, 5.41) is 4.46. The van der Waals surface area contributed by atoms with Crippen molar-refractivity contribution in [1.82, 2.24) is 9.97 Å². The van der Waals surface area contributed by atoms with Gasteiger partial charge in [-0.15, -0.1) is 0 Å². The maximum absolute atomic E-state index is 5.41. The van der Waals surface area contributed by atoms with Crippen molar-refractivity contribution in [3.63, 3.8) is 0 Å². The smallest absolute Gasteiger partial charge is 0.227 e. The third-order valence-electron chi connectivity index (χ3n) is 4.49. The maximum atomic E-state index is 5.41. The van der Waals surface area contributed by atoms with Crippen LogP contribution in [-0.2, 0) is 6.54 Å². The van der Waals surface area contributed by atoms with E-state index in [0.717, 1.165) is 41.5 Å². The van der Waals surface area contributed by atoms with Crippen molar-refractivity contribution in [3.8, 4) is 0 Å². The predicted molar refractivity (Wildman–Crippen MR) is 96.3 cm³/mol. The van der Waals surface area contributed by atoms with Gasteiger partial charge in [0.15, 0.2) is 0 Å². The Labute approximate surface area is 141 Å². The van der Waals surface area contributed by atoms with Crippen LogP contribution in [0.2, 0.25) is 0 Å². The number of para-hydroxylation sites is 1. The van der Waals surface area contributed by atoms with E-state index >= 15 is 0 Å². The van der Waals surface area contributed by atoms with Crippen LogP contribution in [0.3, 0.4) is 0 Å². The molecule has 1 saturated heterocycles. The lowest BCUT2D eigenvalue weighted by atomic mass is 10.2. The van der Waals surface area contributed by atoms with E-state index in [-0.39, 0.29) is 0 Å². The third kappa shape index (κ3) is 3.20. The Hall–Kier alpha value is -2.56. The zero-order valence-electron chi connectivity index (χ0n) is 13.7. The van der Waals surface area contributed by atoms with Gasteiger partial charge in [0.2, 0.25) is 5.95 Å². The molecule has 0 spiro atoms. The van der Waals surface area contributed by atoms with Crippen LogP contribution in [0.25, 0.3) is 10.9 Å². The molecule has 4 rings (SSSR count). The summed E-state index contributed by atoms with van der Waals surface area (Å²) < 4.78 is 5.41. The first-order chi connectivity index (χ1) is 11.9. The van der Waals surface area contributed by atoms with Gasteiger partial charge in [-0.3, -0.25) is 0 Å². The molecule has 5 heteroatoms. The Bertz CT molecular complexity index is 792. The highest BCUT2D eigenvalue weighted by atomic mass is 16.3. The molecule has 0 saturated carbocycles. The average molecular weight is 322 g/mol. The van der Waals surface area contributed by atoms with Gasteiger partial charge in [0.05, 0.1) is 18.3 Å². The number of nitrogens with one attached hydrogen (secondary N) is 1. The summed E-state index contributed by atoms with van der Waals surface area (Å²) in [6, 6.07) is 12.0. The number of hydrogen-bond donors (Lipinski definition) is 1. The molecule has 2 aromatic heterocycles. The van der Waals surface area contributed by atoms with E-state index in [1.807, 2.05) is 24.3 Å². The molecule has 0 radical (unpaired) electrons. The zero-order chi connectivity index (χ0) is 16.2. The molecule has 124 valence electrons. The maximum Gasteiger partial charge on any atom is 0.227 e. The van der Waals surface area contributed by atoms with Crippen LogP contribution >= 0.6 is 0 Å². The summed E-state index contributed by atoms with van der Waals surface area (Å²) in [5.74, 6) is 2.60. The summed E-state index contributed by atoms with van der Waals surface area (Å²) in [6.45, 7) is 2.69. The predicted octanol–water partition coefficient (Wildman–Crippen LogP) is 4.22. The van der Waals surface area contributed by atoms with Gasteiger partial charge in [-0.25, -0.2) is 4.98 Å². The van der Waals surface area contributed by atoms with Crippen molar-refractivity contribution >= 4 is 22.7 Å². The monoisotopic (exact) mass is 322 g/mol. The molecule has 0 aliphatic carbocycles. The largest absolute Gasteiger partial charge is 0.467 e. The van der Waals surface area contributed by atoms with Crippen molar-refractivity contribution in [2.24, 2.45) is 0 Å². The Balaban J connectivity index is 1.67. The molecule has 1 aliphatic heterocycles. The fourth-order valence-electron chi connectivity index (χ4n) is 3.20. The number of furan rings is 1.